The van der Waals surface area contributed by atoms with Gasteiger partial charge in [0.1, 0.15) is 17.1 Å². The molecule has 5 aromatic rings. The van der Waals surface area contributed by atoms with Crippen molar-refractivity contribution in [1.29, 1.82) is 0 Å². The molecule has 0 spiro atoms. The first-order valence-electron chi connectivity index (χ1n) is 26.5. The van der Waals surface area contributed by atoms with Gasteiger partial charge in [-0.05, 0) is 132 Å². The van der Waals surface area contributed by atoms with Gasteiger partial charge in [0.15, 0.2) is 0 Å². The molecule has 0 saturated heterocycles. The van der Waals surface area contributed by atoms with Crippen LogP contribution in [0.2, 0.25) is 0 Å². The van der Waals surface area contributed by atoms with Crippen LogP contribution in [0.25, 0.3) is 0 Å². The molecule has 370 valence electrons. The van der Waals surface area contributed by atoms with Crippen LogP contribution in [-0.4, -0.2) is 52.4 Å². The lowest BCUT2D eigenvalue weighted by molar-refractivity contribution is -0.681. The molecule has 5 aromatic carbocycles. The highest BCUT2D eigenvalue weighted by Gasteiger charge is 2.23. The Morgan fingerprint density at radius 1 is 0.235 bits per heavy atom. The maximum Gasteiger partial charge on any atom is 0.141 e. The van der Waals surface area contributed by atoms with Gasteiger partial charge in [-0.25, -0.2) is 4.90 Å². The van der Waals surface area contributed by atoms with Gasteiger partial charge in [0, 0.05) is 129 Å². The molecule has 1 N–H and O–H groups in total. The zero-order valence-corrected chi connectivity index (χ0v) is 45.6. The Morgan fingerprint density at radius 2 is 0.382 bits per heavy atom. The fourth-order valence-corrected chi connectivity index (χ4v) is 9.69. The summed E-state index contributed by atoms with van der Waals surface area (Å²) in [6.07, 6.45) is 0. The van der Waals surface area contributed by atoms with Crippen molar-refractivity contribution >= 4 is 56.9 Å². The van der Waals surface area contributed by atoms with Crippen LogP contribution in [0, 0.1) is 47.3 Å². The summed E-state index contributed by atoms with van der Waals surface area (Å²) in [7, 11) is 0. The SMILES string of the molecule is CC(C)CN(CC(C)C)c1ccc(N(c2ccc(N(CC(C)C)CC(C)C)cc2)c2ccc([NH+](c3ccc(N(CC(C)C)CC(C)C)cc3)c3ccc(N(CC(C)C)CC(C)C)cc3)cc2)cc1. The van der Waals surface area contributed by atoms with E-state index in [1.807, 2.05) is 0 Å². The Balaban J connectivity index is 1.61. The maximum atomic E-state index is 2.56. The third-order valence-electron chi connectivity index (χ3n) is 12.1. The van der Waals surface area contributed by atoms with Crippen molar-refractivity contribution in [2.75, 3.05) is 76.9 Å². The van der Waals surface area contributed by atoms with Crippen molar-refractivity contribution < 1.29 is 4.90 Å². The van der Waals surface area contributed by atoms with E-state index in [0.717, 1.165) is 69.4 Å². The van der Waals surface area contributed by atoms with E-state index in [1.54, 1.807) is 0 Å². The molecule has 0 saturated carbocycles. The van der Waals surface area contributed by atoms with Crippen LogP contribution in [0.3, 0.4) is 0 Å². The first-order chi connectivity index (χ1) is 32.3. The third-order valence-corrected chi connectivity index (χ3v) is 12.1. The van der Waals surface area contributed by atoms with Crippen molar-refractivity contribution in [3.05, 3.63) is 121 Å². The average Bonchev–Trinajstić information content (AvgIpc) is 3.26. The molecule has 0 fully saturated rings. The Kier molecular flexibility index (Phi) is 20.3. The molecule has 0 amide bonds. The fourth-order valence-electron chi connectivity index (χ4n) is 9.69. The average molecular weight is 922 g/mol. The Labute approximate surface area is 416 Å². The molecule has 0 aliphatic heterocycles. The number of rotatable bonds is 26. The number of quaternary nitrogens is 1. The molecule has 5 rings (SSSR count). The summed E-state index contributed by atoms with van der Waals surface area (Å²) in [4.78, 5) is 13.9. The quantitative estimate of drug-likeness (QED) is 0.0595. The van der Waals surface area contributed by atoms with E-state index in [9.17, 15) is 0 Å². The second kappa shape index (κ2) is 25.6. The molecule has 68 heavy (non-hydrogen) atoms. The summed E-state index contributed by atoms with van der Waals surface area (Å²) in [5, 5.41) is 0. The smallest absolute Gasteiger partial charge is 0.141 e. The van der Waals surface area contributed by atoms with E-state index in [-0.39, 0.29) is 0 Å². The van der Waals surface area contributed by atoms with E-state index >= 15 is 0 Å². The van der Waals surface area contributed by atoms with Gasteiger partial charge < -0.3 is 24.5 Å². The van der Waals surface area contributed by atoms with Crippen molar-refractivity contribution in [3.63, 3.8) is 0 Å². The van der Waals surface area contributed by atoms with Crippen LogP contribution in [-0.2, 0) is 0 Å². The molecule has 0 unspecified atom stereocenters. The Morgan fingerprint density at radius 3 is 0.559 bits per heavy atom. The summed E-state index contributed by atoms with van der Waals surface area (Å²) >= 11 is 0. The minimum atomic E-state index is 0.583. The number of anilines is 7. The van der Waals surface area contributed by atoms with Crippen molar-refractivity contribution in [1.82, 2.24) is 0 Å². The molecular weight excluding hydrogens is 829 g/mol. The number of benzene rings is 5. The van der Waals surface area contributed by atoms with Gasteiger partial charge in [0.25, 0.3) is 0 Å². The highest BCUT2D eigenvalue weighted by molar-refractivity contribution is 5.79. The van der Waals surface area contributed by atoms with Gasteiger partial charge >= 0.3 is 0 Å². The van der Waals surface area contributed by atoms with E-state index in [4.69, 9.17) is 0 Å². The highest BCUT2D eigenvalue weighted by atomic mass is 15.2. The van der Waals surface area contributed by atoms with Crippen LogP contribution < -0.4 is 29.4 Å². The highest BCUT2D eigenvalue weighted by Crippen LogP contribution is 2.38. The van der Waals surface area contributed by atoms with Gasteiger partial charge in [-0.15, -0.1) is 0 Å². The van der Waals surface area contributed by atoms with E-state index in [0.29, 0.717) is 47.3 Å². The zero-order chi connectivity index (χ0) is 49.7. The molecule has 0 atom stereocenters. The maximum absolute atomic E-state index is 2.56. The molecule has 0 aromatic heterocycles. The van der Waals surface area contributed by atoms with Gasteiger partial charge in [-0.3, -0.25) is 0 Å². The van der Waals surface area contributed by atoms with E-state index in [1.165, 1.54) is 44.7 Å². The first kappa shape index (κ1) is 54.0. The predicted molar refractivity (Wildman–Crippen MR) is 302 cm³/mol. The summed E-state index contributed by atoms with van der Waals surface area (Å²) in [6.45, 7) is 45.4. The lowest BCUT2D eigenvalue weighted by Crippen LogP contribution is -2.96. The Bertz CT molecular complexity index is 1830. The first-order valence-corrected chi connectivity index (χ1v) is 26.5. The van der Waals surface area contributed by atoms with Crippen molar-refractivity contribution in [2.45, 2.75) is 111 Å². The molecular formula is C62H93N6+. The van der Waals surface area contributed by atoms with Crippen LogP contribution in [0.4, 0.5) is 56.9 Å². The largest absolute Gasteiger partial charge is 0.371 e. The number of hydrogen-bond donors (Lipinski definition) is 1. The van der Waals surface area contributed by atoms with E-state index in [2.05, 4.69) is 257 Å². The topological polar surface area (TPSA) is 20.6 Å². The minimum absolute atomic E-state index is 0.583. The number of nitrogens with one attached hydrogen (secondary N) is 1. The molecule has 0 heterocycles. The van der Waals surface area contributed by atoms with Crippen molar-refractivity contribution in [3.8, 4) is 0 Å². The monoisotopic (exact) mass is 922 g/mol. The van der Waals surface area contributed by atoms with Gasteiger partial charge in [-0.2, -0.15) is 0 Å². The van der Waals surface area contributed by atoms with Gasteiger partial charge in [0.2, 0.25) is 0 Å². The molecule has 0 aliphatic carbocycles. The van der Waals surface area contributed by atoms with Gasteiger partial charge in [-0.1, -0.05) is 111 Å². The second-order valence-corrected chi connectivity index (χ2v) is 23.2. The van der Waals surface area contributed by atoms with E-state index < -0.39 is 0 Å². The third kappa shape index (κ3) is 16.1. The van der Waals surface area contributed by atoms with Crippen molar-refractivity contribution in [2.24, 2.45) is 47.3 Å². The molecule has 6 heteroatoms. The molecule has 6 nitrogen and oxygen atoms in total. The summed E-state index contributed by atoms with van der Waals surface area (Å²) in [5.74, 6) is 4.67. The standard InChI is InChI=1S/C62H92N6/c1-45(2)37-63(38-46(3)4)53-17-25-57(26-18-53)67(58-27-19-54(20-28-58)64(39-47(5)6)40-48(7)8)61-33-35-62(36-34-61)68(59-29-21-55(22-30-59)65(41-49(9)10)42-50(11)12)60-31-23-56(24-32-60)66(43-51(13)14)44-52(15)16/h17-36,45-52H,37-44H2,1-16H3/p+1. The normalized spacial score (nSPS) is 12.0. The lowest BCUT2D eigenvalue weighted by atomic mass is 10.1. The fraction of sp³-hybridized carbons (Fsp3) is 0.516. The van der Waals surface area contributed by atoms with Crippen LogP contribution in [0.5, 0.6) is 0 Å². The summed E-state index contributed by atoms with van der Waals surface area (Å²) in [6, 6.07) is 46.7. The second-order valence-electron chi connectivity index (χ2n) is 23.2. The molecule has 0 radical (unpaired) electrons. The van der Waals surface area contributed by atoms with Crippen LogP contribution >= 0.6 is 0 Å². The van der Waals surface area contributed by atoms with Crippen LogP contribution in [0.15, 0.2) is 121 Å². The number of hydrogen-bond acceptors (Lipinski definition) is 5. The zero-order valence-electron chi connectivity index (χ0n) is 45.6. The lowest BCUT2D eigenvalue weighted by Gasteiger charge is -2.31. The molecule has 0 bridgehead atoms. The van der Waals surface area contributed by atoms with Crippen LogP contribution in [0.1, 0.15) is 111 Å². The summed E-state index contributed by atoms with van der Waals surface area (Å²) < 4.78 is 0. The Hall–Kier alpha value is -4.94. The summed E-state index contributed by atoms with van der Waals surface area (Å²) in [5.41, 5.74) is 12.3. The van der Waals surface area contributed by atoms with Gasteiger partial charge in [0.05, 0.1) is 0 Å². The number of nitrogens with zero attached hydrogens (tertiary/aromatic N) is 5. The molecule has 0 aliphatic rings. The minimum Gasteiger partial charge on any atom is -0.371 e. The predicted octanol–water partition coefficient (Wildman–Crippen LogP) is 15.8.